The van der Waals surface area contributed by atoms with Crippen molar-refractivity contribution >= 4 is 5.91 Å². The topological polar surface area (TPSA) is 58.4 Å². The highest BCUT2D eigenvalue weighted by atomic mass is 16.1. The molecule has 0 spiro atoms. The van der Waals surface area contributed by atoms with Crippen molar-refractivity contribution in [1.29, 1.82) is 0 Å². The number of nitrogens with zero attached hydrogens (tertiary/aromatic N) is 1. The molecule has 1 saturated carbocycles. The van der Waals surface area contributed by atoms with Gasteiger partial charge in [-0.15, -0.1) is 0 Å². The lowest BCUT2D eigenvalue weighted by atomic mass is 9.75. The second-order valence-electron chi connectivity index (χ2n) is 6.08. The van der Waals surface area contributed by atoms with E-state index in [1.54, 1.807) is 7.05 Å². The number of primary amides is 1. The second-order valence-corrected chi connectivity index (χ2v) is 6.08. The number of hydrogen-bond donors (Lipinski definition) is 2. The smallest absolute Gasteiger partial charge is 0.235 e. The first-order valence-electron chi connectivity index (χ1n) is 6.52. The van der Waals surface area contributed by atoms with Gasteiger partial charge in [0.2, 0.25) is 5.91 Å². The Labute approximate surface area is 105 Å². The van der Waals surface area contributed by atoms with Crippen LogP contribution in [0.4, 0.5) is 0 Å². The molecule has 1 aliphatic rings. The van der Waals surface area contributed by atoms with Crippen molar-refractivity contribution < 1.29 is 4.79 Å². The standard InChI is InChI=1S/C13H27N3O/c1-13(2)7-5-10(6-8-13)16(4)9-11(15-3)12(14)17/h10-11,15H,5-9H2,1-4H3,(H2,14,17). The Morgan fingerprint density at radius 1 is 1.47 bits per heavy atom. The van der Waals surface area contributed by atoms with Gasteiger partial charge in [0.15, 0.2) is 0 Å². The van der Waals surface area contributed by atoms with Crippen LogP contribution in [0.1, 0.15) is 39.5 Å². The SMILES string of the molecule is CNC(CN(C)C1CCC(C)(C)CC1)C(N)=O. The molecule has 4 nitrogen and oxygen atoms in total. The Hall–Kier alpha value is -0.610. The van der Waals surface area contributed by atoms with Crippen LogP contribution in [0.25, 0.3) is 0 Å². The maximum atomic E-state index is 11.2. The summed E-state index contributed by atoms with van der Waals surface area (Å²) in [6, 6.07) is 0.355. The van der Waals surface area contributed by atoms with E-state index in [-0.39, 0.29) is 11.9 Å². The first-order chi connectivity index (χ1) is 7.85. The van der Waals surface area contributed by atoms with Crippen LogP contribution < -0.4 is 11.1 Å². The number of rotatable bonds is 5. The third-order valence-electron chi connectivity index (χ3n) is 4.09. The summed E-state index contributed by atoms with van der Waals surface area (Å²) in [6.45, 7) is 5.38. The highest BCUT2D eigenvalue weighted by molar-refractivity contribution is 5.80. The zero-order valence-electron chi connectivity index (χ0n) is 11.6. The van der Waals surface area contributed by atoms with E-state index < -0.39 is 0 Å². The Bertz CT molecular complexity index is 255. The van der Waals surface area contributed by atoms with E-state index >= 15 is 0 Å². The van der Waals surface area contributed by atoms with Gasteiger partial charge in [0.1, 0.15) is 0 Å². The van der Waals surface area contributed by atoms with E-state index in [0.717, 1.165) is 0 Å². The van der Waals surface area contributed by atoms with Crippen molar-refractivity contribution in [3.63, 3.8) is 0 Å². The molecule has 3 N–H and O–H groups in total. The van der Waals surface area contributed by atoms with Gasteiger partial charge in [0.05, 0.1) is 6.04 Å². The molecule has 0 aromatic carbocycles. The van der Waals surface area contributed by atoms with Gasteiger partial charge in [-0.1, -0.05) is 13.8 Å². The van der Waals surface area contributed by atoms with Gasteiger partial charge in [0, 0.05) is 12.6 Å². The first-order valence-corrected chi connectivity index (χ1v) is 6.52. The van der Waals surface area contributed by atoms with Crippen LogP contribution in [-0.2, 0) is 4.79 Å². The first kappa shape index (κ1) is 14.5. The van der Waals surface area contributed by atoms with Gasteiger partial charge >= 0.3 is 0 Å². The van der Waals surface area contributed by atoms with Crippen LogP contribution in [0, 0.1) is 5.41 Å². The third-order valence-corrected chi connectivity index (χ3v) is 4.09. The number of carbonyl (C=O) groups excluding carboxylic acids is 1. The molecule has 1 rings (SSSR count). The van der Waals surface area contributed by atoms with E-state index in [4.69, 9.17) is 5.73 Å². The molecule has 0 aromatic rings. The monoisotopic (exact) mass is 241 g/mol. The van der Waals surface area contributed by atoms with E-state index in [9.17, 15) is 4.79 Å². The molecule has 1 amide bonds. The van der Waals surface area contributed by atoms with Crippen molar-refractivity contribution in [1.82, 2.24) is 10.2 Å². The van der Waals surface area contributed by atoms with E-state index in [2.05, 4.69) is 31.1 Å². The van der Waals surface area contributed by atoms with Gasteiger partial charge in [-0.2, -0.15) is 0 Å². The highest BCUT2D eigenvalue weighted by Crippen LogP contribution is 2.36. The van der Waals surface area contributed by atoms with Crippen molar-refractivity contribution in [3.05, 3.63) is 0 Å². The van der Waals surface area contributed by atoms with Gasteiger partial charge in [-0.05, 0) is 45.2 Å². The number of carbonyl (C=O) groups is 1. The molecular weight excluding hydrogens is 214 g/mol. The average Bonchev–Trinajstić information content (AvgIpc) is 2.25. The summed E-state index contributed by atoms with van der Waals surface area (Å²) in [5, 5.41) is 2.97. The third kappa shape index (κ3) is 4.28. The predicted octanol–water partition coefficient (Wildman–Crippen LogP) is 0.960. The van der Waals surface area contributed by atoms with Gasteiger partial charge < -0.3 is 16.0 Å². The van der Waals surface area contributed by atoms with E-state index in [1.807, 2.05) is 0 Å². The van der Waals surface area contributed by atoms with Crippen molar-refractivity contribution in [2.45, 2.75) is 51.6 Å². The Kier molecular flexibility index (Phi) is 4.95. The quantitative estimate of drug-likeness (QED) is 0.754. The molecule has 0 aromatic heterocycles. The molecule has 4 heteroatoms. The molecule has 1 atom stereocenters. The summed E-state index contributed by atoms with van der Waals surface area (Å²) in [5.74, 6) is -0.268. The van der Waals surface area contributed by atoms with Crippen LogP contribution in [0.2, 0.25) is 0 Å². The molecular formula is C13H27N3O. The lowest BCUT2D eigenvalue weighted by Crippen LogP contribution is -2.50. The van der Waals surface area contributed by atoms with Crippen LogP contribution >= 0.6 is 0 Å². The summed E-state index contributed by atoms with van der Waals surface area (Å²) >= 11 is 0. The van der Waals surface area contributed by atoms with Crippen molar-refractivity contribution in [2.24, 2.45) is 11.1 Å². The molecule has 0 aliphatic heterocycles. The minimum Gasteiger partial charge on any atom is -0.368 e. The Morgan fingerprint density at radius 3 is 2.41 bits per heavy atom. The molecule has 0 saturated heterocycles. The molecule has 0 heterocycles. The number of nitrogens with two attached hydrogens (primary N) is 1. The van der Waals surface area contributed by atoms with E-state index in [1.165, 1.54) is 25.7 Å². The van der Waals surface area contributed by atoms with Crippen LogP contribution in [0.3, 0.4) is 0 Å². The van der Waals surface area contributed by atoms with Crippen LogP contribution in [0.5, 0.6) is 0 Å². The van der Waals surface area contributed by atoms with E-state index in [0.29, 0.717) is 18.0 Å². The maximum Gasteiger partial charge on any atom is 0.235 e. The maximum absolute atomic E-state index is 11.2. The Balaban J connectivity index is 2.43. The van der Waals surface area contributed by atoms with Gasteiger partial charge in [-0.25, -0.2) is 0 Å². The average molecular weight is 241 g/mol. The molecule has 0 bridgehead atoms. The predicted molar refractivity (Wildman–Crippen MR) is 70.7 cm³/mol. The number of nitrogens with one attached hydrogen (secondary N) is 1. The number of hydrogen-bond acceptors (Lipinski definition) is 3. The Morgan fingerprint density at radius 2 is 2.00 bits per heavy atom. The zero-order valence-corrected chi connectivity index (χ0v) is 11.6. The highest BCUT2D eigenvalue weighted by Gasteiger charge is 2.29. The van der Waals surface area contributed by atoms with Crippen LogP contribution in [-0.4, -0.2) is 43.5 Å². The molecule has 1 fully saturated rings. The molecule has 17 heavy (non-hydrogen) atoms. The van der Waals surface area contributed by atoms with Crippen LogP contribution in [0.15, 0.2) is 0 Å². The fraction of sp³-hybridized carbons (Fsp3) is 0.923. The zero-order chi connectivity index (χ0) is 13.1. The fourth-order valence-corrected chi connectivity index (χ4v) is 2.59. The summed E-state index contributed by atoms with van der Waals surface area (Å²) in [4.78, 5) is 13.5. The van der Waals surface area contributed by atoms with Gasteiger partial charge in [-0.3, -0.25) is 4.79 Å². The van der Waals surface area contributed by atoms with Gasteiger partial charge in [0.25, 0.3) is 0 Å². The molecule has 100 valence electrons. The minimum absolute atomic E-state index is 0.241. The lowest BCUT2D eigenvalue weighted by molar-refractivity contribution is -0.120. The lowest BCUT2D eigenvalue weighted by Gasteiger charge is -2.39. The number of amides is 1. The van der Waals surface area contributed by atoms with Crippen molar-refractivity contribution in [2.75, 3.05) is 20.6 Å². The largest absolute Gasteiger partial charge is 0.368 e. The molecule has 1 unspecified atom stereocenters. The normalized spacial score (nSPS) is 22.6. The fourth-order valence-electron chi connectivity index (χ4n) is 2.59. The van der Waals surface area contributed by atoms with Crippen molar-refractivity contribution in [3.8, 4) is 0 Å². The summed E-state index contributed by atoms with van der Waals surface area (Å²) < 4.78 is 0. The molecule has 1 aliphatic carbocycles. The second kappa shape index (κ2) is 5.83. The minimum atomic E-state index is -0.268. The molecule has 0 radical (unpaired) electrons. The number of likely N-dealkylation sites (N-methyl/N-ethyl adjacent to an activating group) is 2. The summed E-state index contributed by atoms with van der Waals surface area (Å²) in [6.07, 6.45) is 4.98. The summed E-state index contributed by atoms with van der Waals surface area (Å²) in [7, 11) is 3.88. The summed E-state index contributed by atoms with van der Waals surface area (Å²) in [5.41, 5.74) is 5.83.